The molecule has 0 aliphatic carbocycles. The number of rotatable bonds is 6. The molecule has 1 aliphatic rings. The van der Waals surface area contributed by atoms with Gasteiger partial charge < -0.3 is 14.8 Å². The van der Waals surface area contributed by atoms with Gasteiger partial charge in [0.2, 0.25) is 5.91 Å². The van der Waals surface area contributed by atoms with E-state index in [4.69, 9.17) is 0 Å². The van der Waals surface area contributed by atoms with Crippen molar-refractivity contribution in [1.29, 1.82) is 0 Å². The van der Waals surface area contributed by atoms with Crippen LogP contribution in [0.3, 0.4) is 0 Å². The van der Waals surface area contributed by atoms with Gasteiger partial charge in [-0.05, 0) is 41.3 Å². The topological polar surface area (TPSA) is 93.7 Å². The van der Waals surface area contributed by atoms with E-state index < -0.39 is 16.3 Å². The number of alkyl halides is 2. The van der Waals surface area contributed by atoms with Gasteiger partial charge >= 0.3 is 6.29 Å². The summed E-state index contributed by atoms with van der Waals surface area (Å²) in [5.74, 6) is -0.661. The lowest BCUT2D eigenvalue weighted by molar-refractivity contribution is -0.286. The van der Waals surface area contributed by atoms with Crippen LogP contribution in [0.5, 0.6) is 11.5 Å². The molecule has 7 nitrogen and oxygen atoms in total. The summed E-state index contributed by atoms with van der Waals surface area (Å²) < 4.78 is 61.9. The molecular formula is C19H14F2N2O5S2. The minimum atomic E-state index is -3.72. The normalized spacial score (nSPS) is 14.3. The molecule has 0 saturated carbocycles. The van der Waals surface area contributed by atoms with E-state index in [1.807, 2.05) is 0 Å². The maximum Gasteiger partial charge on any atom is 0.586 e. The quantitative estimate of drug-likeness (QED) is 0.589. The van der Waals surface area contributed by atoms with Crippen molar-refractivity contribution in [2.45, 2.75) is 16.9 Å². The summed E-state index contributed by atoms with van der Waals surface area (Å²) >= 11 is 1.11. The highest BCUT2D eigenvalue weighted by Crippen LogP contribution is 2.42. The highest BCUT2D eigenvalue weighted by Gasteiger charge is 2.43. The fourth-order valence-electron chi connectivity index (χ4n) is 2.73. The molecule has 11 heteroatoms. The third-order valence-electron chi connectivity index (χ3n) is 4.02. The van der Waals surface area contributed by atoms with Crippen LogP contribution in [0, 0.1) is 0 Å². The Kier molecular flexibility index (Phi) is 5.08. The number of carbonyl (C=O) groups excluding carboxylic acids is 1. The van der Waals surface area contributed by atoms with Crippen LogP contribution >= 0.6 is 11.3 Å². The fourth-order valence-corrected chi connectivity index (χ4v) is 4.78. The lowest BCUT2D eigenvalue weighted by atomic mass is 10.1. The molecule has 2 aromatic carbocycles. The van der Waals surface area contributed by atoms with Gasteiger partial charge in [-0.2, -0.15) is 0 Å². The Morgan fingerprint density at radius 2 is 1.70 bits per heavy atom. The zero-order valence-electron chi connectivity index (χ0n) is 15.1. The summed E-state index contributed by atoms with van der Waals surface area (Å²) in [6.07, 6.45) is -3.72. The van der Waals surface area contributed by atoms with Crippen molar-refractivity contribution in [3.05, 3.63) is 65.5 Å². The smallest absolute Gasteiger partial charge is 0.395 e. The van der Waals surface area contributed by atoms with Crippen molar-refractivity contribution in [1.82, 2.24) is 0 Å². The number of anilines is 2. The molecule has 4 rings (SSSR count). The van der Waals surface area contributed by atoms with Gasteiger partial charge in [0.05, 0.1) is 6.42 Å². The van der Waals surface area contributed by atoms with Crippen LogP contribution in [-0.2, 0) is 21.2 Å². The minimum Gasteiger partial charge on any atom is -0.395 e. The zero-order valence-corrected chi connectivity index (χ0v) is 16.7. The molecule has 3 aromatic rings. The highest BCUT2D eigenvalue weighted by molar-refractivity contribution is 7.94. The number of carbonyl (C=O) groups is 1. The molecule has 1 amide bonds. The number of nitrogens with one attached hydrogen (secondary N) is 2. The third kappa shape index (κ3) is 4.52. The van der Waals surface area contributed by atoms with Crippen molar-refractivity contribution in [2.75, 3.05) is 10.0 Å². The predicted molar refractivity (Wildman–Crippen MR) is 107 cm³/mol. The standard InChI is InChI=1S/C19H14F2N2O5S2/c20-19(21)27-15-8-7-14(11-16(15)28-19)22-17(24)10-12-3-5-13(6-4-12)23-30(25,26)18-2-1-9-29-18/h1-9,11,23H,10H2,(H,22,24). The summed E-state index contributed by atoms with van der Waals surface area (Å²) in [5.41, 5.74) is 1.28. The zero-order chi connectivity index (χ0) is 21.4. The summed E-state index contributed by atoms with van der Waals surface area (Å²) in [6.45, 7) is 0. The van der Waals surface area contributed by atoms with Crippen LogP contribution < -0.4 is 19.5 Å². The maximum absolute atomic E-state index is 13.1. The average molecular weight is 452 g/mol. The number of hydrogen-bond acceptors (Lipinski definition) is 6. The molecule has 2 heterocycles. The second-order valence-corrected chi connectivity index (χ2v) is 9.15. The summed E-state index contributed by atoms with van der Waals surface area (Å²) in [5, 5.41) is 4.26. The van der Waals surface area contributed by atoms with E-state index >= 15 is 0 Å². The van der Waals surface area contributed by atoms with Gasteiger partial charge in [0.15, 0.2) is 11.5 Å². The first-order valence-corrected chi connectivity index (χ1v) is 10.9. The van der Waals surface area contributed by atoms with E-state index in [1.165, 1.54) is 24.3 Å². The first-order valence-electron chi connectivity index (χ1n) is 8.55. The van der Waals surface area contributed by atoms with E-state index in [1.54, 1.807) is 35.7 Å². The van der Waals surface area contributed by atoms with Crippen LogP contribution in [0.25, 0.3) is 0 Å². The lowest BCUT2D eigenvalue weighted by Crippen LogP contribution is -2.25. The van der Waals surface area contributed by atoms with Gasteiger partial charge in [-0.25, -0.2) is 8.42 Å². The second-order valence-electron chi connectivity index (χ2n) is 6.29. The average Bonchev–Trinajstić information content (AvgIpc) is 3.30. The van der Waals surface area contributed by atoms with Gasteiger partial charge in [-0.3, -0.25) is 9.52 Å². The molecule has 0 saturated heterocycles. The van der Waals surface area contributed by atoms with Crippen molar-refractivity contribution in [3.8, 4) is 11.5 Å². The molecule has 156 valence electrons. The number of sulfonamides is 1. The summed E-state index contributed by atoms with van der Waals surface area (Å²) in [6, 6.07) is 13.4. The van der Waals surface area contributed by atoms with Crippen molar-refractivity contribution in [3.63, 3.8) is 0 Å². The minimum absolute atomic E-state index is 0.00254. The number of amides is 1. The Morgan fingerprint density at radius 3 is 2.40 bits per heavy atom. The highest BCUT2D eigenvalue weighted by atomic mass is 32.2. The molecule has 1 aliphatic heterocycles. The first-order chi connectivity index (χ1) is 14.2. The predicted octanol–water partition coefficient (Wildman–Crippen LogP) is 4.05. The van der Waals surface area contributed by atoms with Crippen LogP contribution in [0.15, 0.2) is 64.2 Å². The molecule has 2 N–H and O–H groups in total. The van der Waals surface area contributed by atoms with Crippen LogP contribution in [0.4, 0.5) is 20.2 Å². The number of thiophene rings is 1. The molecule has 0 fully saturated rings. The van der Waals surface area contributed by atoms with E-state index in [2.05, 4.69) is 19.5 Å². The van der Waals surface area contributed by atoms with Crippen molar-refractivity contribution < 1.29 is 31.5 Å². The number of halogens is 2. The summed E-state index contributed by atoms with van der Waals surface area (Å²) in [7, 11) is -3.65. The van der Waals surface area contributed by atoms with E-state index in [0.717, 1.165) is 11.3 Å². The number of fused-ring (bicyclic) bond motifs is 1. The van der Waals surface area contributed by atoms with E-state index in [0.29, 0.717) is 11.3 Å². The Hall–Kier alpha value is -3.18. The van der Waals surface area contributed by atoms with Gasteiger partial charge in [0.1, 0.15) is 4.21 Å². The van der Waals surface area contributed by atoms with Crippen LogP contribution in [0.2, 0.25) is 0 Å². The Bertz CT molecular complexity index is 1180. The van der Waals surface area contributed by atoms with Gasteiger partial charge in [0, 0.05) is 17.4 Å². The number of benzene rings is 2. The molecule has 1 aromatic heterocycles. The largest absolute Gasteiger partial charge is 0.586 e. The van der Waals surface area contributed by atoms with Gasteiger partial charge in [-0.1, -0.05) is 18.2 Å². The number of hydrogen-bond donors (Lipinski definition) is 2. The molecule has 0 spiro atoms. The van der Waals surface area contributed by atoms with Crippen molar-refractivity contribution >= 4 is 38.6 Å². The molecule has 0 unspecified atom stereocenters. The molecular weight excluding hydrogens is 438 g/mol. The number of ether oxygens (including phenoxy) is 2. The first kappa shape index (κ1) is 20.1. The van der Waals surface area contributed by atoms with Gasteiger partial charge in [-0.15, -0.1) is 20.1 Å². The molecule has 0 bridgehead atoms. The van der Waals surface area contributed by atoms with Gasteiger partial charge in [0.25, 0.3) is 10.0 Å². The van der Waals surface area contributed by atoms with E-state index in [9.17, 15) is 22.0 Å². The molecule has 0 radical (unpaired) electrons. The van der Waals surface area contributed by atoms with Crippen molar-refractivity contribution in [2.24, 2.45) is 0 Å². The molecule has 0 atom stereocenters. The third-order valence-corrected chi connectivity index (χ3v) is 6.79. The van der Waals surface area contributed by atoms with Crippen LogP contribution in [0.1, 0.15) is 5.56 Å². The Balaban J connectivity index is 1.37. The molecule has 30 heavy (non-hydrogen) atoms. The maximum atomic E-state index is 13.1. The Morgan fingerprint density at radius 1 is 1.00 bits per heavy atom. The fraction of sp³-hybridized carbons (Fsp3) is 0.105. The Labute approximate surface area is 174 Å². The lowest BCUT2D eigenvalue weighted by Gasteiger charge is -2.08. The van der Waals surface area contributed by atoms with E-state index in [-0.39, 0.29) is 33.7 Å². The summed E-state index contributed by atoms with van der Waals surface area (Å²) in [4.78, 5) is 12.2. The van der Waals surface area contributed by atoms with Crippen LogP contribution in [-0.4, -0.2) is 20.6 Å². The SMILES string of the molecule is O=C(Cc1ccc(NS(=O)(=O)c2cccs2)cc1)Nc1ccc2c(c1)OC(F)(F)O2. The monoisotopic (exact) mass is 452 g/mol. The second kappa shape index (κ2) is 7.58.